The fourth-order valence-electron chi connectivity index (χ4n) is 1.51. The van der Waals surface area contributed by atoms with Gasteiger partial charge >= 0.3 is 0 Å². The second kappa shape index (κ2) is 5.72. The van der Waals surface area contributed by atoms with E-state index in [-0.39, 0.29) is 0 Å². The second-order valence-electron chi connectivity index (χ2n) is 3.79. The summed E-state index contributed by atoms with van der Waals surface area (Å²) >= 11 is 11.9. The van der Waals surface area contributed by atoms with Crippen LogP contribution in [0.4, 0.5) is 5.69 Å². The fraction of sp³-hybridized carbons (Fsp3) is 0. The zero-order chi connectivity index (χ0) is 13.8. The van der Waals surface area contributed by atoms with Crippen LogP contribution in [0, 0.1) is 24.2 Å². The van der Waals surface area contributed by atoms with Gasteiger partial charge in [0.05, 0.1) is 15.7 Å². The minimum atomic E-state index is 0.359. The first kappa shape index (κ1) is 13.4. The fourth-order valence-corrected chi connectivity index (χ4v) is 2.00. The Balaban J connectivity index is 2.43. The standard InChI is InChI=1S/C16H9Cl2N/c1-2-12-5-3-4-6-13(12)8-7-11-9-14(17)16(19)15(18)10-11/h1,3-6,9-10H,19H2. The smallest absolute Gasteiger partial charge is 0.0693 e. The highest BCUT2D eigenvalue weighted by Gasteiger charge is 2.03. The van der Waals surface area contributed by atoms with Crippen LogP contribution in [0.3, 0.4) is 0 Å². The molecule has 0 unspecified atom stereocenters. The van der Waals surface area contributed by atoms with Gasteiger partial charge in [-0.25, -0.2) is 0 Å². The van der Waals surface area contributed by atoms with E-state index in [0.29, 0.717) is 21.3 Å². The summed E-state index contributed by atoms with van der Waals surface area (Å²) in [6, 6.07) is 10.8. The Morgan fingerprint density at radius 2 is 1.53 bits per heavy atom. The molecule has 19 heavy (non-hydrogen) atoms. The molecule has 2 aromatic carbocycles. The van der Waals surface area contributed by atoms with Gasteiger partial charge in [0, 0.05) is 16.7 Å². The summed E-state index contributed by atoms with van der Waals surface area (Å²) in [5.74, 6) is 8.57. The molecule has 0 spiro atoms. The quantitative estimate of drug-likeness (QED) is 0.576. The van der Waals surface area contributed by atoms with Gasteiger partial charge in [-0.05, 0) is 24.3 Å². The Hall–Kier alpha value is -2.06. The Bertz CT molecular complexity index is 707. The van der Waals surface area contributed by atoms with Crippen LogP contribution in [-0.4, -0.2) is 0 Å². The number of benzene rings is 2. The summed E-state index contributed by atoms with van der Waals surface area (Å²) in [5, 5.41) is 0.782. The molecule has 3 heteroatoms. The number of terminal acetylenes is 1. The second-order valence-corrected chi connectivity index (χ2v) is 4.61. The third-order valence-corrected chi connectivity index (χ3v) is 3.13. The van der Waals surface area contributed by atoms with Crippen LogP contribution in [0.15, 0.2) is 36.4 Å². The van der Waals surface area contributed by atoms with Crippen molar-refractivity contribution < 1.29 is 0 Å². The molecule has 0 saturated carbocycles. The first-order valence-electron chi connectivity index (χ1n) is 5.44. The van der Waals surface area contributed by atoms with Crippen LogP contribution in [0.5, 0.6) is 0 Å². The maximum atomic E-state index is 5.95. The summed E-state index contributed by atoms with van der Waals surface area (Å²) in [7, 11) is 0. The molecule has 2 N–H and O–H groups in total. The average Bonchev–Trinajstić information content (AvgIpc) is 2.42. The highest BCUT2D eigenvalue weighted by Crippen LogP contribution is 2.28. The Labute approximate surface area is 122 Å². The van der Waals surface area contributed by atoms with E-state index in [0.717, 1.165) is 11.1 Å². The molecule has 0 radical (unpaired) electrons. The largest absolute Gasteiger partial charge is 0.396 e. The molecule has 92 valence electrons. The van der Waals surface area contributed by atoms with E-state index >= 15 is 0 Å². The first-order valence-corrected chi connectivity index (χ1v) is 6.19. The van der Waals surface area contributed by atoms with Gasteiger partial charge in [-0.15, -0.1) is 6.42 Å². The number of nitrogens with two attached hydrogens (primary N) is 1. The van der Waals surface area contributed by atoms with Crippen LogP contribution in [-0.2, 0) is 0 Å². The van der Waals surface area contributed by atoms with Crippen molar-refractivity contribution >= 4 is 28.9 Å². The molecule has 0 aliphatic heterocycles. The topological polar surface area (TPSA) is 26.0 Å². The monoisotopic (exact) mass is 285 g/mol. The van der Waals surface area contributed by atoms with Crippen LogP contribution in [0.2, 0.25) is 10.0 Å². The lowest BCUT2D eigenvalue weighted by Crippen LogP contribution is -1.89. The van der Waals surface area contributed by atoms with E-state index in [1.54, 1.807) is 12.1 Å². The summed E-state index contributed by atoms with van der Waals surface area (Å²) in [6.07, 6.45) is 5.41. The minimum absolute atomic E-state index is 0.359. The molecule has 0 aromatic heterocycles. The Morgan fingerprint density at radius 1 is 0.947 bits per heavy atom. The Morgan fingerprint density at radius 3 is 2.11 bits per heavy atom. The van der Waals surface area contributed by atoms with Gasteiger partial charge in [-0.2, -0.15) is 0 Å². The van der Waals surface area contributed by atoms with Crippen molar-refractivity contribution in [1.82, 2.24) is 0 Å². The lowest BCUT2D eigenvalue weighted by Gasteiger charge is -2.01. The third kappa shape index (κ3) is 3.04. The maximum Gasteiger partial charge on any atom is 0.0693 e. The molecule has 2 rings (SSSR count). The highest BCUT2D eigenvalue weighted by molar-refractivity contribution is 6.39. The van der Waals surface area contributed by atoms with Crippen molar-refractivity contribution in [3.63, 3.8) is 0 Å². The van der Waals surface area contributed by atoms with Gasteiger partial charge < -0.3 is 5.73 Å². The van der Waals surface area contributed by atoms with Crippen molar-refractivity contribution in [2.45, 2.75) is 0 Å². The number of halogens is 2. The molecule has 0 amide bonds. The van der Waals surface area contributed by atoms with Gasteiger partial charge in [0.1, 0.15) is 0 Å². The molecule has 0 aliphatic rings. The van der Waals surface area contributed by atoms with E-state index in [9.17, 15) is 0 Å². The zero-order valence-corrected chi connectivity index (χ0v) is 11.4. The minimum Gasteiger partial charge on any atom is -0.396 e. The third-order valence-electron chi connectivity index (χ3n) is 2.50. The van der Waals surface area contributed by atoms with Crippen molar-refractivity contribution in [3.05, 3.63) is 63.1 Å². The number of anilines is 1. The van der Waals surface area contributed by atoms with Crippen LogP contribution in [0.1, 0.15) is 16.7 Å². The molecule has 1 nitrogen and oxygen atoms in total. The number of hydrogen-bond donors (Lipinski definition) is 1. The summed E-state index contributed by atoms with van der Waals surface area (Å²) in [6.45, 7) is 0. The van der Waals surface area contributed by atoms with E-state index in [4.69, 9.17) is 35.4 Å². The van der Waals surface area contributed by atoms with E-state index in [1.807, 2.05) is 24.3 Å². The number of hydrogen-bond acceptors (Lipinski definition) is 1. The Kier molecular flexibility index (Phi) is 4.03. The molecule has 2 aromatic rings. The first-order chi connectivity index (χ1) is 9.11. The van der Waals surface area contributed by atoms with Gasteiger partial charge in [0.2, 0.25) is 0 Å². The van der Waals surface area contributed by atoms with E-state index in [1.165, 1.54) is 0 Å². The van der Waals surface area contributed by atoms with Crippen molar-refractivity contribution in [2.24, 2.45) is 0 Å². The molecular formula is C16H9Cl2N. The van der Waals surface area contributed by atoms with Crippen LogP contribution in [0.25, 0.3) is 0 Å². The number of nitrogen functional groups attached to an aromatic ring is 1. The molecular weight excluding hydrogens is 277 g/mol. The SMILES string of the molecule is C#Cc1ccccc1C#Cc1cc(Cl)c(N)c(Cl)c1. The normalized spacial score (nSPS) is 9.32. The van der Waals surface area contributed by atoms with Crippen molar-refractivity contribution in [1.29, 1.82) is 0 Å². The van der Waals surface area contributed by atoms with Crippen molar-refractivity contribution in [3.8, 4) is 24.2 Å². The number of rotatable bonds is 0. The molecule has 0 bridgehead atoms. The lowest BCUT2D eigenvalue weighted by molar-refractivity contribution is 1.58. The molecule has 0 fully saturated rings. The summed E-state index contributed by atoms with van der Waals surface area (Å²) in [5.41, 5.74) is 8.25. The van der Waals surface area contributed by atoms with Gasteiger partial charge in [0.15, 0.2) is 0 Å². The summed E-state index contributed by atoms with van der Waals surface area (Å²) in [4.78, 5) is 0. The molecule has 0 aliphatic carbocycles. The highest BCUT2D eigenvalue weighted by atomic mass is 35.5. The van der Waals surface area contributed by atoms with Crippen LogP contribution < -0.4 is 5.73 Å². The molecule has 0 saturated heterocycles. The van der Waals surface area contributed by atoms with E-state index < -0.39 is 0 Å². The van der Waals surface area contributed by atoms with Gasteiger partial charge in [0.25, 0.3) is 0 Å². The van der Waals surface area contributed by atoms with Crippen molar-refractivity contribution in [2.75, 3.05) is 5.73 Å². The predicted octanol–water partition coefficient (Wildman–Crippen LogP) is 3.96. The summed E-state index contributed by atoms with van der Waals surface area (Å²) < 4.78 is 0. The zero-order valence-electron chi connectivity index (χ0n) is 9.87. The van der Waals surface area contributed by atoms with Gasteiger partial charge in [-0.1, -0.05) is 53.1 Å². The average molecular weight is 286 g/mol. The van der Waals surface area contributed by atoms with Crippen LogP contribution >= 0.6 is 23.2 Å². The molecule has 0 atom stereocenters. The molecule has 0 heterocycles. The lowest BCUT2D eigenvalue weighted by atomic mass is 10.1. The van der Waals surface area contributed by atoms with Gasteiger partial charge in [-0.3, -0.25) is 0 Å². The maximum absolute atomic E-state index is 5.95. The predicted molar refractivity (Wildman–Crippen MR) is 81.2 cm³/mol. The van der Waals surface area contributed by atoms with E-state index in [2.05, 4.69) is 17.8 Å².